The Morgan fingerprint density at radius 2 is 1.48 bits per heavy atom. The second-order valence-corrected chi connectivity index (χ2v) is 7.53. The monoisotopic (exact) mass is 473 g/mol. The van der Waals surface area contributed by atoms with Crippen LogP contribution in [0.25, 0.3) is 0 Å². The van der Waals surface area contributed by atoms with E-state index in [0.717, 1.165) is 75.2 Å². The third-order valence-corrected chi connectivity index (χ3v) is 3.77. The Morgan fingerprint density at radius 3 is 1.88 bits per heavy atom. The second kappa shape index (κ2) is 32.5. The van der Waals surface area contributed by atoms with E-state index in [1.807, 2.05) is 33.9 Å². The van der Waals surface area contributed by atoms with Crippen LogP contribution in [0.5, 0.6) is 0 Å². The van der Waals surface area contributed by atoms with Gasteiger partial charge < -0.3 is 31.1 Å². The van der Waals surface area contributed by atoms with Gasteiger partial charge in [0.2, 0.25) is 0 Å². The molecule has 0 aromatic heterocycles. The molecule has 0 aliphatic rings. The zero-order chi connectivity index (χ0) is 26.5. The first-order valence-electron chi connectivity index (χ1n) is 12.3. The van der Waals surface area contributed by atoms with Gasteiger partial charge in [0, 0.05) is 12.1 Å². The normalized spacial score (nSPS) is 11.0. The number of nitrogens with one attached hydrogen (secondary N) is 1. The number of rotatable bonds is 14. The molecule has 0 aromatic carbocycles. The van der Waals surface area contributed by atoms with Crippen molar-refractivity contribution in [2.45, 2.75) is 87.0 Å². The summed E-state index contributed by atoms with van der Waals surface area (Å²) in [5.74, 6) is 1.18. The first kappa shape index (κ1) is 38.6. The Labute approximate surface area is 204 Å². The van der Waals surface area contributed by atoms with E-state index in [1.165, 1.54) is 14.0 Å². The average Bonchev–Trinajstić information content (AvgIpc) is 2.80. The molecule has 0 saturated carbocycles. The van der Waals surface area contributed by atoms with Crippen molar-refractivity contribution in [2.24, 2.45) is 17.4 Å². The quantitative estimate of drug-likeness (QED) is 0.0832. The van der Waals surface area contributed by atoms with Crippen molar-refractivity contribution in [1.29, 1.82) is 0 Å². The lowest BCUT2D eigenvalue weighted by Crippen LogP contribution is -2.19. The van der Waals surface area contributed by atoms with Gasteiger partial charge in [-0.05, 0) is 71.7 Å². The molecular weight excluding hydrogens is 418 g/mol. The highest BCUT2D eigenvalue weighted by Gasteiger charge is 2.18. The van der Waals surface area contributed by atoms with Crippen molar-refractivity contribution in [3.05, 3.63) is 23.0 Å². The Balaban J connectivity index is -0.000000400. The van der Waals surface area contributed by atoms with Gasteiger partial charge in [-0.25, -0.2) is 4.79 Å². The summed E-state index contributed by atoms with van der Waals surface area (Å²) >= 11 is 0. The summed E-state index contributed by atoms with van der Waals surface area (Å²) in [5.41, 5.74) is 12.6. The number of hydrogen-bond acceptors (Lipinski definition) is 7. The molecule has 33 heavy (non-hydrogen) atoms. The average molecular weight is 474 g/mol. The maximum Gasteiger partial charge on any atom is 0.335 e. The van der Waals surface area contributed by atoms with Gasteiger partial charge in [-0.1, -0.05) is 47.5 Å². The number of carbonyl (C=O) groups excluding carboxylic acids is 2. The number of methoxy groups -OCH3 is 1. The first-order chi connectivity index (χ1) is 15.8. The van der Waals surface area contributed by atoms with Crippen LogP contribution in [0.15, 0.2) is 23.0 Å². The Hall–Kier alpha value is -1.70. The predicted octanol–water partition coefficient (Wildman–Crippen LogP) is 4.75. The maximum atomic E-state index is 12.0. The molecule has 0 heterocycles. The third kappa shape index (κ3) is 28.3. The SMILES string of the molecule is C/C=C(OCCCCCCN)\C(CCCNC)=C(\CN)C(=O)OC.CC.CC(C)C.CC=O. The van der Waals surface area contributed by atoms with Crippen molar-refractivity contribution in [1.82, 2.24) is 5.32 Å². The van der Waals surface area contributed by atoms with Gasteiger partial charge in [-0.3, -0.25) is 0 Å². The highest BCUT2D eigenvalue weighted by Crippen LogP contribution is 2.23. The van der Waals surface area contributed by atoms with Crippen LogP contribution in [-0.2, 0) is 19.1 Å². The minimum atomic E-state index is -0.386. The van der Waals surface area contributed by atoms with E-state index >= 15 is 0 Å². The van der Waals surface area contributed by atoms with Gasteiger partial charge in [0.15, 0.2) is 0 Å². The fourth-order valence-corrected chi connectivity index (χ4v) is 2.44. The standard InChI is InChI=1S/C18H35N3O3.C4H10.C2H4O.C2H6/c1-4-17(24-13-8-6-5-7-11-19)15(10-9-12-21-2)16(14-20)18(22)23-3;1-4(2)3;1-2-3;1-2/h4,21H,5-14,19-20H2,1-3H3;4H,1-3H3;2H,1H3;1-2H3/b16-15-,17-4+;;;. The molecule has 7 nitrogen and oxygen atoms in total. The molecule has 0 atom stereocenters. The molecule has 0 aliphatic carbocycles. The number of hydrogen-bond donors (Lipinski definition) is 3. The number of unbranched alkanes of at least 4 members (excludes halogenated alkanes) is 3. The molecule has 198 valence electrons. The molecule has 0 aromatic rings. The zero-order valence-corrected chi connectivity index (χ0v) is 23.1. The zero-order valence-electron chi connectivity index (χ0n) is 23.1. The van der Waals surface area contributed by atoms with E-state index in [0.29, 0.717) is 12.2 Å². The van der Waals surface area contributed by atoms with Crippen molar-refractivity contribution in [3.8, 4) is 0 Å². The van der Waals surface area contributed by atoms with Crippen LogP contribution in [0.1, 0.15) is 87.0 Å². The lowest BCUT2D eigenvalue weighted by molar-refractivity contribution is -0.136. The highest BCUT2D eigenvalue weighted by atomic mass is 16.5. The van der Waals surface area contributed by atoms with E-state index in [4.69, 9.17) is 25.7 Å². The molecule has 0 saturated heterocycles. The molecule has 5 N–H and O–H groups in total. The molecule has 0 bridgehead atoms. The summed E-state index contributed by atoms with van der Waals surface area (Å²) in [6.45, 7) is 16.2. The van der Waals surface area contributed by atoms with Gasteiger partial charge >= 0.3 is 5.97 Å². The van der Waals surface area contributed by atoms with E-state index in [1.54, 1.807) is 0 Å². The smallest absolute Gasteiger partial charge is 0.335 e. The molecule has 0 rings (SSSR count). The van der Waals surface area contributed by atoms with Crippen molar-refractivity contribution in [3.63, 3.8) is 0 Å². The topological polar surface area (TPSA) is 117 Å². The number of allylic oxidation sites excluding steroid dienone is 2. The van der Waals surface area contributed by atoms with Crippen LogP contribution >= 0.6 is 0 Å². The number of esters is 1. The summed E-state index contributed by atoms with van der Waals surface area (Å²) in [5, 5.41) is 3.11. The number of aldehydes is 1. The molecule has 0 unspecified atom stereocenters. The fraction of sp³-hybridized carbons (Fsp3) is 0.769. The first-order valence-corrected chi connectivity index (χ1v) is 12.3. The highest BCUT2D eigenvalue weighted by molar-refractivity contribution is 5.90. The van der Waals surface area contributed by atoms with E-state index < -0.39 is 0 Å². The molecule has 0 fully saturated rings. The molecule has 7 heteroatoms. The lowest BCUT2D eigenvalue weighted by Gasteiger charge is -2.17. The van der Waals surface area contributed by atoms with Gasteiger partial charge in [0.1, 0.15) is 12.0 Å². The predicted molar refractivity (Wildman–Crippen MR) is 142 cm³/mol. The minimum Gasteiger partial charge on any atom is -0.494 e. The van der Waals surface area contributed by atoms with Crippen LogP contribution in [-0.4, -0.2) is 52.7 Å². The van der Waals surface area contributed by atoms with Crippen LogP contribution < -0.4 is 16.8 Å². The van der Waals surface area contributed by atoms with Crippen LogP contribution in [0, 0.1) is 5.92 Å². The molecule has 0 aliphatic heterocycles. The van der Waals surface area contributed by atoms with Crippen LogP contribution in [0.4, 0.5) is 0 Å². The largest absolute Gasteiger partial charge is 0.494 e. The summed E-state index contributed by atoms with van der Waals surface area (Å²) in [6.07, 6.45) is 8.48. The molecule has 0 spiro atoms. The summed E-state index contributed by atoms with van der Waals surface area (Å²) in [4.78, 5) is 20.8. The van der Waals surface area contributed by atoms with E-state index in [9.17, 15) is 4.79 Å². The Kier molecular flexibility index (Phi) is 37.9. The Bertz CT molecular complexity index is 487. The van der Waals surface area contributed by atoms with Crippen molar-refractivity contribution < 1.29 is 19.1 Å². The van der Waals surface area contributed by atoms with Gasteiger partial charge in [-0.2, -0.15) is 0 Å². The number of nitrogens with two attached hydrogens (primary N) is 2. The van der Waals surface area contributed by atoms with Crippen molar-refractivity contribution in [2.75, 3.05) is 40.4 Å². The fourth-order valence-electron chi connectivity index (χ4n) is 2.44. The molecule has 0 radical (unpaired) electrons. The molecule has 0 amide bonds. The third-order valence-electron chi connectivity index (χ3n) is 3.77. The van der Waals surface area contributed by atoms with Gasteiger partial charge in [0.25, 0.3) is 0 Å². The minimum absolute atomic E-state index is 0.138. The van der Waals surface area contributed by atoms with Crippen LogP contribution in [0.3, 0.4) is 0 Å². The van der Waals surface area contributed by atoms with E-state index in [-0.39, 0.29) is 12.5 Å². The lowest BCUT2D eigenvalue weighted by atomic mass is 10.0. The van der Waals surface area contributed by atoms with Crippen LogP contribution in [0.2, 0.25) is 0 Å². The molecular formula is C26H55N3O4. The number of carbonyl (C=O) groups is 2. The van der Waals surface area contributed by atoms with Gasteiger partial charge in [0.05, 0.1) is 19.3 Å². The van der Waals surface area contributed by atoms with E-state index in [2.05, 4.69) is 26.1 Å². The maximum absolute atomic E-state index is 12.0. The second-order valence-electron chi connectivity index (χ2n) is 7.53. The number of ether oxygens (including phenoxy) is 2. The summed E-state index contributed by atoms with van der Waals surface area (Å²) in [6, 6.07) is 0. The Morgan fingerprint density at radius 1 is 0.970 bits per heavy atom. The van der Waals surface area contributed by atoms with Gasteiger partial charge in [-0.15, -0.1) is 0 Å². The summed E-state index contributed by atoms with van der Waals surface area (Å²) < 4.78 is 10.8. The van der Waals surface area contributed by atoms with Crippen molar-refractivity contribution >= 4 is 12.3 Å². The summed E-state index contributed by atoms with van der Waals surface area (Å²) in [7, 11) is 3.28.